The number of carbonyl (C=O) groups is 1. The van der Waals surface area contributed by atoms with Crippen molar-refractivity contribution in [2.45, 2.75) is 71.3 Å². The molecule has 0 radical (unpaired) electrons. The van der Waals surface area contributed by atoms with Gasteiger partial charge in [0, 0.05) is 6.54 Å². The lowest BCUT2D eigenvalue weighted by Gasteiger charge is -2.21. The second-order valence-electron chi connectivity index (χ2n) is 6.62. The number of aliphatic hydroxyl groups is 1. The average Bonchev–Trinajstić information content (AvgIpc) is 2.58. The molecule has 1 amide bonds. The van der Waals surface area contributed by atoms with Crippen molar-refractivity contribution in [2.24, 2.45) is 5.41 Å². The Morgan fingerprint density at radius 2 is 1.88 bits per heavy atom. The summed E-state index contributed by atoms with van der Waals surface area (Å²) in [7, 11) is 0. The summed E-state index contributed by atoms with van der Waals surface area (Å²) in [4.78, 5) is 11.7. The molecule has 0 spiro atoms. The summed E-state index contributed by atoms with van der Waals surface area (Å²) in [6, 6.07) is 0. The summed E-state index contributed by atoms with van der Waals surface area (Å²) in [6.07, 6.45) is 6.06. The van der Waals surface area contributed by atoms with Gasteiger partial charge in [0.15, 0.2) is 0 Å². The van der Waals surface area contributed by atoms with E-state index < -0.39 is 5.60 Å². The monoisotopic (exact) mass is 241 g/mol. The predicted molar refractivity (Wildman–Crippen MR) is 69.7 cm³/mol. The van der Waals surface area contributed by atoms with Gasteiger partial charge in [-0.15, -0.1) is 0 Å². The Kier molecular flexibility index (Phi) is 4.99. The van der Waals surface area contributed by atoms with Crippen LogP contribution >= 0.6 is 0 Å². The molecule has 17 heavy (non-hydrogen) atoms. The molecule has 0 heterocycles. The molecule has 100 valence electrons. The van der Waals surface area contributed by atoms with Crippen LogP contribution in [-0.2, 0) is 4.79 Å². The van der Waals surface area contributed by atoms with Gasteiger partial charge in [-0.05, 0) is 31.1 Å². The smallest absolute Gasteiger partial charge is 0.222 e. The van der Waals surface area contributed by atoms with E-state index in [1.54, 1.807) is 0 Å². The second kappa shape index (κ2) is 5.85. The fraction of sp³-hybridized carbons (Fsp3) is 0.929. The Balaban J connectivity index is 2.13. The summed E-state index contributed by atoms with van der Waals surface area (Å²) in [6.45, 7) is 7.34. The van der Waals surface area contributed by atoms with Gasteiger partial charge in [0.1, 0.15) is 0 Å². The molecular weight excluding hydrogens is 214 g/mol. The zero-order valence-electron chi connectivity index (χ0n) is 11.5. The molecule has 2 N–H and O–H groups in total. The van der Waals surface area contributed by atoms with Crippen LogP contribution in [-0.4, -0.2) is 23.2 Å². The first-order valence-corrected chi connectivity index (χ1v) is 6.80. The number of carbonyl (C=O) groups excluding carboxylic acids is 1. The van der Waals surface area contributed by atoms with Crippen molar-refractivity contribution in [3.63, 3.8) is 0 Å². The van der Waals surface area contributed by atoms with Gasteiger partial charge in [-0.1, -0.05) is 33.6 Å². The Bertz CT molecular complexity index is 249. The summed E-state index contributed by atoms with van der Waals surface area (Å²) < 4.78 is 0. The molecule has 0 aliphatic heterocycles. The third-order valence-corrected chi connectivity index (χ3v) is 3.45. The van der Waals surface area contributed by atoms with Crippen LogP contribution in [0.5, 0.6) is 0 Å². The van der Waals surface area contributed by atoms with E-state index in [1.807, 2.05) is 0 Å². The minimum Gasteiger partial charge on any atom is -0.389 e. The van der Waals surface area contributed by atoms with Crippen LogP contribution in [0.1, 0.15) is 65.7 Å². The third kappa shape index (κ3) is 6.06. The van der Waals surface area contributed by atoms with Gasteiger partial charge >= 0.3 is 0 Å². The Morgan fingerprint density at radius 3 is 2.41 bits per heavy atom. The van der Waals surface area contributed by atoms with Crippen LogP contribution in [0.3, 0.4) is 0 Å². The van der Waals surface area contributed by atoms with Crippen LogP contribution in [0.15, 0.2) is 0 Å². The van der Waals surface area contributed by atoms with E-state index in [9.17, 15) is 9.90 Å². The van der Waals surface area contributed by atoms with E-state index >= 15 is 0 Å². The Hall–Kier alpha value is -0.570. The zero-order chi connectivity index (χ0) is 12.9. The number of hydrogen-bond donors (Lipinski definition) is 2. The molecule has 1 aliphatic carbocycles. The molecule has 1 saturated carbocycles. The lowest BCUT2D eigenvalue weighted by molar-refractivity contribution is -0.125. The number of hydrogen-bond acceptors (Lipinski definition) is 2. The highest BCUT2D eigenvalue weighted by molar-refractivity contribution is 5.77. The SMILES string of the molecule is CC(C)(C)CCCNC(=O)CC1(O)CCCC1. The zero-order valence-corrected chi connectivity index (χ0v) is 11.5. The number of rotatable bonds is 5. The molecule has 0 aromatic heterocycles. The van der Waals surface area contributed by atoms with Crippen molar-refractivity contribution in [3.8, 4) is 0 Å². The minimum absolute atomic E-state index is 0.00306. The maximum Gasteiger partial charge on any atom is 0.222 e. The van der Waals surface area contributed by atoms with Crippen molar-refractivity contribution in [1.29, 1.82) is 0 Å². The maximum absolute atomic E-state index is 11.7. The van der Waals surface area contributed by atoms with Crippen LogP contribution < -0.4 is 5.32 Å². The molecule has 0 bridgehead atoms. The number of nitrogens with one attached hydrogen (secondary N) is 1. The number of amides is 1. The molecule has 0 atom stereocenters. The van der Waals surface area contributed by atoms with Crippen LogP contribution in [0, 0.1) is 5.41 Å². The highest BCUT2D eigenvalue weighted by Gasteiger charge is 2.33. The van der Waals surface area contributed by atoms with Gasteiger partial charge in [0.2, 0.25) is 5.91 Å². The van der Waals surface area contributed by atoms with Crippen molar-refractivity contribution < 1.29 is 9.90 Å². The lowest BCUT2D eigenvalue weighted by atomic mass is 9.90. The lowest BCUT2D eigenvalue weighted by Crippen LogP contribution is -2.35. The standard InChI is InChI=1S/C14H27NO2/c1-13(2,3)7-6-10-15-12(16)11-14(17)8-4-5-9-14/h17H,4-11H2,1-3H3,(H,15,16). The summed E-state index contributed by atoms with van der Waals surface area (Å²) >= 11 is 0. The van der Waals surface area contributed by atoms with Gasteiger partial charge < -0.3 is 10.4 Å². The predicted octanol–water partition coefficient (Wildman–Crippen LogP) is 2.62. The van der Waals surface area contributed by atoms with E-state index in [0.29, 0.717) is 5.41 Å². The summed E-state index contributed by atoms with van der Waals surface area (Å²) in [5, 5.41) is 13.0. The van der Waals surface area contributed by atoms with Gasteiger partial charge in [-0.25, -0.2) is 0 Å². The molecule has 0 aromatic carbocycles. The van der Waals surface area contributed by atoms with Gasteiger partial charge in [0.05, 0.1) is 12.0 Å². The highest BCUT2D eigenvalue weighted by Crippen LogP contribution is 2.32. The first-order chi connectivity index (χ1) is 7.81. The summed E-state index contributed by atoms with van der Waals surface area (Å²) in [5.74, 6) is 0.00306. The van der Waals surface area contributed by atoms with E-state index in [2.05, 4.69) is 26.1 Å². The molecular formula is C14H27NO2. The highest BCUT2D eigenvalue weighted by atomic mass is 16.3. The molecule has 3 nitrogen and oxygen atoms in total. The maximum atomic E-state index is 11.7. The quantitative estimate of drug-likeness (QED) is 0.727. The molecule has 1 aliphatic rings. The van der Waals surface area contributed by atoms with Crippen molar-refractivity contribution >= 4 is 5.91 Å². The van der Waals surface area contributed by atoms with E-state index in [4.69, 9.17) is 0 Å². The molecule has 1 rings (SSSR count). The topological polar surface area (TPSA) is 49.3 Å². The van der Waals surface area contributed by atoms with Crippen molar-refractivity contribution in [2.75, 3.05) is 6.54 Å². The average molecular weight is 241 g/mol. The Labute approximate surface area is 105 Å². The summed E-state index contributed by atoms with van der Waals surface area (Å²) in [5.41, 5.74) is -0.386. The van der Waals surface area contributed by atoms with Crippen molar-refractivity contribution in [1.82, 2.24) is 5.32 Å². The fourth-order valence-electron chi connectivity index (χ4n) is 2.42. The second-order valence-corrected chi connectivity index (χ2v) is 6.62. The first-order valence-electron chi connectivity index (χ1n) is 6.80. The molecule has 0 unspecified atom stereocenters. The molecule has 0 saturated heterocycles. The third-order valence-electron chi connectivity index (χ3n) is 3.45. The largest absolute Gasteiger partial charge is 0.389 e. The van der Waals surface area contributed by atoms with Crippen LogP contribution in [0.25, 0.3) is 0 Å². The fourth-order valence-corrected chi connectivity index (χ4v) is 2.42. The molecule has 0 aromatic rings. The van der Waals surface area contributed by atoms with E-state index in [0.717, 1.165) is 45.1 Å². The van der Waals surface area contributed by atoms with Gasteiger partial charge in [-0.2, -0.15) is 0 Å². The normalized spacial score (nSPS) is 19.3. The van der Waals surface area contributed by atoms with Crippen LogP contribution in [0.4, 0.5) is 0 Å². The van der Waals surface area contributed by atoms with Crippen LogP contribution in [0.2, 0.25) is 0 Å². The molecule has 1 fully saturated rings. The molecule has 3 heteroatoms. The van der Waals surface area contributed by atoms with E-state index in [1.165, 1.54) is 0 Å². The van der Waals surface area contributed by atoms with E-state index in [-0.39, 0.29) is 12.3 Å². The first kappa shape index (κ1) is 14.5. The van der Waals surface area contributed by atoms with Gasteiger partial charge in [0.25, 0.3) is 0 Å². The van der Waals surface area contributed by atoms with Gasteiger partial charge in [-0.3, -0.25) is 4.79 Å². The van der Waals surface area contributed by atoms with Crippen molar-refractivity contribution in [3.05, 3.63) is 0 Å². The Morgan fingerprint density at radius 1 is 1.29 bits per heavy atom. The minimum atomic E-state index is -0.714.